The molecule has 4 rings (SSSR count). The van der Waals surface area contributed by atoms with Gasteiger partial charge in [-0.2, -0.15) is 0 Å². The molecule has 0 unspecified atom stereocenters. The standard InChI is InChI=1S/C22H31FN4O2/c1-17(28)20-6-5-19(15-21(20)23)26-9-7-24(8-10-26)16-22(29)27-13-11-25(12-14-27)18-3-2-4-18/h5-6,15,18H,2-4,7-14,16H2,1H3. The number of benzene rings is 1. The van der Waals surface area contributed by atoms with Gasteiger partial charge >= 0.3 is 0 Å². The second-order valence-electron chi connectivity index (χ2n) is 8.49. The highest BCUT2D eigenvalue weighted by Gasteiger charge is 2.30. The average molecular weight is 403 g/mol. The minimum absolute atomic E-state index is 0.135. The lowest BCUT2D eigenvalue weighted by Crippen LogP contribution is -2.56. The summed E-state index contributed by atoms with van der Waals surface area (Å²) in [5, 5.41) is 0. The van der Waals surface area contributed by atoms with Crippen LogP contribution in [0.1, 0.15) is 36.5 Å². The zero-order valence-corrected chi connectivity index (χ0v) is 17.3. The molecule has 3 aliphatic rings. The van der Waals surface area contributed by atoms with E-state index in [1.165, 1.54) is 32.3 Å². The smallest absolute Gasteiger partial charge is 0.236 e. The topological polar surface area (TPSA) is 47.1 Å². The van der Waals surface area contributed by atoms with Crippen LogP contribution < -0.4 is 4.90 Å². The first-order chi connectivity index (χ1) is 14.0. The van der Waals surface area contributed by atoms with Crippen molar-refractivity contribution in [1.29, 1.82) is 0 Å². The molecule has 2 aliphatic heterocycles. The van der Waals surface area contributed by atoms with Crippen molar-refractivity contribution in [2.24, 2.45) is 0 Å². The summed E-state index contributed by atoms with van der Waals surface area (Å²) in [4.78, 5) is 33.0. The highest BCUT2D eigenvalue weighted by atomic mass is 19.1. The molecule has 2 saturated heterocycles. The predicted octanol–water partition coefficient (Wildman–Crippen LogP) is 1.85. The Bertz CT molecular complexity index is 751. The van der Waals surface area contributed by atoms with Gasteiger partial charge in [0.15, 0.2) is 5.78 Å². The van der Waals surface area contributed by atoms with E-state index in [2.05, 4.69) is 14.7 Å². The van der Waals surface area contributed by atoms with E-state index in [1.54, 1.807) is 6.07 Å². The van der Waals surface area contributed by atoms with Gasteiger partial charge in [0.05, 0.1) is 12.1 Å². The van der Waals surface area contributed by atoms with Crippen LogP contribution in [0.4, 0.5) is 10.1 Å². The third-order valence-corrected chi connectivity index (χ3v) is 6.69. The Hall–Kier alpha value is -1.99. The lowest BCUT2D eigenvalue weighted by Gasteiger charge is -2.43. The van der Waals surface area contributed by atoms with Crippen molar-refractivity contribution in [1.82, 2.24) is 14.7 Å². The maximum atomic E-state index is 14.1. The first-order valence-electron chi connectivity index (χ1n) is 10.8. The van der Waals surface area contributed by atoms with Crippen molar-refractivity contribution >= 4 is 17.4 Å². The summed E-state index contributed by atoms with van der Waals surface area (Å²) in [7, 11) is 0. The molecule has 7 heteroatoms. The maximum absolute atomic E-state index is 14.1. The van der Waals surface area contributed by atoms with Crippen LogP contribution in [0.2, 0.25) is 0 Å². The number of hydrogen-bond donors (Lipinski definition) is 0. The van der Waals surface area contributed by atoms with Crippen LogP contribution in [0.15, 0.2) is 18.2 Å². The molecule has 1 aromatic carbocycles. The third kappa shape index (κ3) is 4.61. The van der Waals surface area contributed by atoms with Gasteiger partial charge in [0.25, 0.3) is 0 Å². The number of piperazine rings is 2. The largest absolute Gasteiger partial charge is 0.369 e. The molecule has 1 saturated carbocycles. The van der Waals surface area contributed by atoms with E-state index >= 15 is 0 Å². The quantitative estimate of drug-likeness (QED) is 0.704. The summed E-state index contributed by atoms with van der Waals surface area (Å²) in [6.45, 7) is 8.61. The predicted molar refractivity (Wildman–Crippen MR) is 111 cm³/mol. The first kappa shape index (κ1) is 20.3. The second-order valence-corrected chi connectivity index (χ2v) is 8.49. The average Bonchev–Trinajstić information content (AvgIpc) is 2.67. The molecule has 3 fully saturated rings. The number of nitrogens with zero attached hydrogens (tertiary/aromatic N) is 4. The molecular formula is C22H31FN4O2. The van der Waals surface area contributed by atoms with E-state index in [9.17, 15) is 14.0 Å². The summed E-state index contributed by atoms with van der Waals surface area (Å²) >= 11 is 0. The molecular weight excluding hydrogens is 371 g/mol. The molecule has 0 atom stereocenters. The number of anilines is 1. The van der Waals surface area contributed by atoms with Crippen LogP contribution in [-0.2, 0) is 4.79 Å². The van der Waals surface area contributed by atoms with Gasteiger partial charge in [0.2, 0.25) is 5.91 Å². The number of amides is 1. The van der Waals surface area contributed by atoms with Crippen LogP contribution >= 0.6 is 0 Å². The number of halogens is 1. The fraction of sp³-hybridized carbons (Fsp3) is 0.636. The fourth-order valence-corrected chi connectivity index (χ4v) is 4.53. The van der Waals surface area contributed by atoms with Crippen molar-refractivity contribution in [3.8, 4) is 0 Å². The maximum Gasteiger partial charge on any atom is 0.236 e. The molecule has 158 valence electrons. The van der Waals surface area contributed by atoms with Gasteiger partial charge < -0.3 is 9.80 Å². The van der Waals surface area contributed by atoms with Gasteiger partial charge in [-0.3, -0.25) is 19.4 Å². The summed E-state index contributed by atoms with van der Waals surface area (Å²) in [6.07, 6.45) is 3.99. The van der Waals surface area contributed by atoms with Crippen LogP contribution in [0.3, 0.4) is 0 Å². The molecule has 0 radical (unpaired) electrons. The van der Waals surface area contributed by atoms with Gasteiger partial charge in [-0.25, -0.2) is 4.39 Å². The number of rotatable bonds is 5. The molecule has 0 aromatic heterocycles. The van der Waals surface area contributed by atoms with E-state index in [0.717, 1.165) is 64.1 Å². The summed E-state index contributed by atoms with van der Waals surface area (Å²) in [5.41, 5.74) is 0.931. The van der Waals surface area contributed by atoms with Crippen molar-refractivity contribution < 1.29 is 14.0 Å². The number of ketones is 1. The number of hydrogen-bond acceptors (Lipinski definition) is 5. The third-order valence-electron chi connectivity index (χ3n) is 6.69. The van der Waals surface area contributed by atoms with E-state index in [4.69, 9.17) is 0 Å². The summed E-state index contributed by atoms with van der Waals surface area (Å²) in [5.74, 6) is -0.497. The van der Waals surface area contributed by atoms with E-state index in [-0.39, 0.29) is 17.3 Å². The zero-order valence-electron chi connectivity index (χ0n) is 17.3. The Morgan fingerprint density at radius 2 is 1.69 bits per heavy atom. The minimum atomic E-state index is -0.464. The normalized spacial score (nSPS) is 21.9. The highest BCUT2D eigenvalue weighted by molar-refractivity contribution is 5.94. The van der Waals surface area contributed by atoms with E-state index < -0.39 is 5.82 Å². The molecule has 1 aliphatic carbocycles. The Balaban J connectivity index is 1.23. The lowest BCUT2D eigenvalue weighted by atomic mass is 9.91. The van der Waals surface area contributed by atoms with E-state index in [0.29, 0.717) is 6.54 Å². The molecule has 0 bridgehead atoms. The van der Waals surface area contributed by atoms with Crippen LogP contribution in [0.5, 0.6) is 0 Å². The lowest BCUT2D eigenvalue weighted by molar-refractivity contribution is -0.134. The van der Waals surface area contributed by atoms with Crippen molar-refractivity contribution in [2.45, 2.75) is 32.2 Å². The first-order valence-corrected chi connectivity index (χ1v) is 10.8. The van der Waals surface area contributed by atoms with Gasteiger partial charge in [-0.05, 0) is 38.0 Å². The van der Waals surface area contributed by atoms with Crippen molar-refractivity contribution in [2.75, 3.05) is 63.8 Å². The minimum Gasteiger partial charge on any atom is -0.369 e. The monoisotopic (exact) mass is 402 g/mol. The van der Waals surface area contributed by atoms with Gasteiger partial charge in [0, 0.05) is 64.1 Å². The van der Waals surface area contributed by atoms with Crippen LogP contribution in [-0.4, -0.2) is 91.3 Å². The van der Waals surface area contributed by atoms with Crippen molar-refractivity contribution in [3.05, 3.63) is 29.6 Å². The van der Waals surface area contributed by atoms with E-state index in [1.807, 2.05) is 11.0 Å². The number of Topliss-reactive ketones (excluding diaryl/α,β-unsaturated/α-hetero) is 1. The van der Waals surface area contributed by atoms with Gasteiger partial charge in [-0.1, -0.05) is 6.42 Å². The Kier molecular flexibility index (Phi) is 6.15. The molecule has 1 aromatic rings. The molecule has 0 N–H and O–H groups in total. The number of carbonyl (C=O) groups is 2. The Labute approximate surface area is 172 Å². The molecule has 1 amide bonds. The number of carbonyl (C=O) groups excluding carboxylic acids is 2. The summed E-state index contributed by atoms with van der Waals surface area (Å²) < 4.78 is 14.1. The Morgan fingerprint density at radius 1 is 1.00 bits per heavy atom. The molecule has 6 nitrogen and oxygen atoms in total. The fourth-order valence-electron chi connectivity index (χ4n) is 4.53. The van der Waals surface area contributed by atoms with Crippen LogP contribution in [0.25, 0.3) is 0 Å². The zero-order chi connectivity index (χ0) is 20.4. The highest BCUT2D eigenvalue weighted by Crippen LogP contribution is 2.25. The van der Waals surface area contributed by atoms with Gasteiger partial charge in [0.1, 0.15) is 5.82 Å². The Morgan fingerprint density at radius 3 is 2.24 bits per heavy atom. The van der Waals surface area contributed by atoms with Crippen LogP contribution in [0, 0.1) is 5.82 Å². The molecule has 0 spiro atoms. The van der Waals surface area contributed by atoms with Gasteiger partial charge in [-0.15, -0.1) is 0 Å². The second kappa shape index (κ2) is 8.79. The molecule has 2 heterocycles. The summed E-state index contributed by atoms with van der Waals surface area (Å²) in [6, 6.07) is 5.57. The SMILES string of the molecule is CC(=O)c1ccc(N2CCN(CC(=O)N3CCN(C4CCC4)CC3)CC2)cc1F. The van der Waals surface area contributed by atoms with Crippen molar-refractivity contribution in [3.63, 3.8) is 0 Å². The molecule has 29 heavy (non-hydrogen) atoms.